The number of rotatable bonds is 5. The zero-order chi connectivity index (χ0) is 16.3. The van der Waals surface area contributed by atoms with Gasteiger partial charge < -0.3 is 20.4 Å². The Morgan fingerprint density at radius 3 is 2.36 bits per heavy atom. The lowest BCUT2D eigenvalue weighted by Crippen LogP contribution is -2.45. The molecule has 4 heteroatoms. The number of phenols is 1. The fourth-order valence-corrected chi connectivity index (χ4v) is 3.22. The predicted octanol–water partition coefficient (Wildman–Crippen LogP) is 2.40. The third-order valence-corrected chi connectivity index (χ3v) is 4.65. The summed E-state index contributed by atoms with van der Waals surface area (Å²) < 4.78 is 0. The third kappa shape index (κ3) is 4.00. The molecule has 0 amide bonds. The molecule has 3 N–H and O–H groups in total. The van der Waals surface area contributed by atoms with Crippen molar-refractivity contribution < 1.29 is 10.2 Å². The van der Waals surface area contributed by atoms with Crippen LogP contribution in [0.25, 0.3) is 0 Å². The molecule has 1 aliphatic heterocycles. The van der Waals surface area contributed by atoms with Crippen LogP contribution in [0.3, 0.4) is 0 Å². The standard InChI is InChI=1S/C18H30N2O2/c1-12(2)15-10-16(13(3)9-17(15)21)18(22)14(4)11-20-7-5-19-6-8-20/h9-10,12,14,18-19,21-22H,5-8,11H2,1-4H3. The lowest BCUT2D eigenvalue weighted by Gasteiger charge is -2.32. The Kier molecular flexibility index (Phi) is 5.84. The highest BCUT2D eigenvalue weighted by molar-refractivity contribution is 5.44. The summed E-state index contributed by atoms with van der Waals surface area (Å²) in [7, 11) is 0. The van der Waals surface area contributed by atoms with Gasteiger partial charge in [0, 0.05) is 32.7 Å². The van der Waals surface area contributed by atoms with Crippen molar-refractivity contribution in [2.24, 2.45) is 5.92 Å². The molecule has 0 spiro atoms. The van der Waals surface area contributed by atoms with Crippen LogP contribution in [0.4, 0.5) is 0 Å². The highest BCUT2D eigenvalue weighted by atomic mass is 16.3. The van der Waals surface area contributed by atoms with E-state index in [1.165, 1.54) is 0 Å². The van der Waals surface area contributed by atoms with Gasteiger partial charge >= 0.3 is 0 Å². The zero-order valence-corrected chi connectivity index (χ0v) is 14.3. The smallest absolute Gasteiger partial charge is 0.119 e. The number of aryl methyl sites for hydroxylation is 1. The summed E-state index contributed by atoms with van der Waals surface area (Å²) in [6.45, 7) is 13.2. The zero-order valence-electron chi connectivity index (χ0n) is 14.3. The minimum absolute atomic E-state index is 0.168. The number of piperazine rings is 1. The van der Waals surface area contributed by atoms with E-state index in [4.69, 9.17) is 0 Å². The monoisotopic (exact) mass is 306 g/mol. The van der Waals surface area contributed by atoms with E-state index in [0.29, 0.717) is 5.75 Å². The van der Waals surface area contributed by atoms with Crippen LogP contribution in [0.5, 0.6) is 5.75 Å². The molecular formula is C18H30N2O2. The molecule has 2 atom stereocenters. The topological polar surface area (TPSA) is 55.7 Å². The fraction of sp³-hybridized carbons (Fsp3) is 0.667. The number of aromatic hydroxyl groups is 1. The summed E-state index contributed by atoms with van der Waals surface area (Å²) in [5, 5.41) is 24.2. The van der Waals surface area contributed by atoms with Gasteiger partial charge in [-0.15, -0.1) is 0 Å². The van der Waals surface area contributed by atoms with Gasteiger partial charge in [0.1, 0.15) is 5.75 Å². The van der Waals surface area contributed by atoms with Gasteiger partial charge in [-0.25, -0.2) is 0 Å². The normalized spacial score (nSPS) is 19.4. The maximum absolute atomic E-state index is 10.8. The first-order chi connectivity index (χ1) is 10.4. The van der Waals surface area contributed by atoms with Crippen molar-refractivity contribution in [1.82, 2.24) is 10.2 Å². The molecule has 0 radical (unpaired) electrons. The number of hydrogen-bond donors (Lipinski definition) is 3. The first-order valence-corrected chi connectivity index (χ1v) is 8.34. The van der Waals surface area contributed by atoms with Crippen molar-refractivity contribution in [3.63, 3.8) is 0 Å². The summed E-state index contributed by atoms with van der Waals surface area (Å²) in [5.74, 6) is 0.745. The molecule has 1 aliphatic rings. The van der Waals surface area contributed by atoms with E-state index >= 15 is 0 Å². The van der Waals surface area contributed by atoms with Gasteiger partial charge in [-0.3, -0.25) is 0 Å². The van der Waals surface area contributed by atoms with Crippen LogP contribution in [0, 0.1) is 12.8 Å². The summed E-state index contributed by atoms with van der Waals surface area (Å²) in [5.41, 5.74) is 2.82. The molecule has 0 bridgehead atoms. The van der Waals surface area contributed by atoms with Crippen LogP contribution in [-0.2, 0) is 0 Å². The van der Waals surface area contributed by atoms with E-state index in [0.717, 1.165) is 49.4 Å². The van der Waals surface area contributed by atoms with Crippen molar-refractivity contribution >= 4 is 0 Å². The number of phenolic OH excluding ortho intramolecular Hbond substituents is 1. The van der Waals surface area contributed by atoms with Gasteiger partial charge in [0.05, 0.1) is 6.10 Å². The maximum atomic E-state index is 10.8. The molecule has 124 valence electrons. The van der Waals surface area contributed by atoms with Gasteiger partial charge in [0.15, 0.2) is 0 Å². The van der Waals surface area contributed by atoms with Crippen LogP contribution in [0.15, 0.2) is 12.1 Å². The van der Waals surface area contributed by atoms with Gasteiger partial charge in [-0.2, -0.15) is 0 Å². The number of nitrogens with one attached hydrogen (secondary N) is 1. The predicted molar refractivity (Wildman–Crippen MR) is 90.4 cm³/mol. The highest BCUT2D eigenvalue weighted by Crippen LogP contribution is 2.33. The Balaban J connectivity index is 2.13. The number of nitrogens with zero attached hydrogens (tertiary/aromatic N) is 1. The molecule has 4 nitrogen and oxygen atoms in total. The van der Waals surface area contributed by atoms with Crippen molar-refractivity contribution in [3.8, 4) is 5.75 Å². The molecule has 1 saturated heterocycles. The molecule has 2 unspecified atom stereocenters. The van der Waals surface area contributed by atoms with Crippen LogP contribution in [0.2, 0.25) is 0 Å². The average molecular weight is 306 g/mol. The Labute approximate surface area is 134 Å². The van der Waals surface area contributed by atoms with Gasteiger partial charge in [0.25, 0.3) is 0 Å². The second-order valence-electron chi connectivity index (χ2n) is 6.90. The van der Waals surface area contributed by atoms with Crippen LogP contribution >= 0.6 is 0 Å². The second-order valence-corrected chi connectivity index (χ2v) is 6.90. The molecule has 1 aromatic rings. The first kappa shape index (κ1) is 17.3. The van der Waals surface area contributed by atoms with Crippen LogP contribution in [-0.4, -0.2) is 47.8 Å². The maximum Gasteiger partial charge on any atom is 0.119 e. The van der Waals surface area contributed by atoms with Crippen molar-refractivity contribution in [3.05, 3.63) is 28.8 Å². The lowest BCUT2D eigenvalue weighted by atomic mass is 9.89. The fourth-order valence-electron chi connectivity index (χ4n) is 3.22. The summed E-state index contributed by atoms with van der Waals surface area (Å²) in [6, 6.07) is 3.76. The Bertz CT molecular complexity index is 496. The molecule has 22 heavy (non-hydrogen) atoms. The molecule has 0 aliphatic carbocycles. The van der Waals surface area contributed by atoms with E-state index in [2.05, 4.69) is 31.0 Å². The number of hydrogen-bond acceptors (Lipinski definition) is 4. The van der Waals surface area contributed by atoms with Gasteiger partial charge in [0.2, 0.25) is 0 Å². The minimum Gasteiger partial charge on any atom is -0.508 e. The number of aliphatic hydroxyl groups excluding tert-OH is 1. The largest absolute Gasteiger partial charge is 0.508 e. The van der Waals surface area contributed by atoms with Crippen molar-refractivity contribution in [2.75, 3.05) is 32.7 Å². The average Bonchev–Trinajstić information content (AvgIpc) is 2.47. The lowest BCUT2D eigenvalue weighted by molar-refractivity contribution is 0.0836. The molecule has 1 fully saturated rings. The first-order valence-electron chi connectivity index (χ1n) is 8.34. The van der Waals surface area contributed by atoms with E-state index in [-0.39, 0.29) is 11.8 Å². The summed E-state index contributed by atoms with van der Waals surface area (Å²) in [6.07, 6.45) is -0.493. The quantitative estimate of drug-likeness (QED) is 0.782. The van der Waals surface area contributed by atoms with Crippen molar-refractivity contribution in [1.29, 1.82) is 0 Å². The van der Waals surface area contributed by atoms with E-state index < -0.39 is 6.10 Å². The second kappa shape index (κ2) is 7.44. The Morgan fingerprint density at radius 2 is 1.77 bits per heavy atom. The molecule has 0 aromatic heterocycles. The highest BCUT2D eigenvalue weighted by Gasteiger charge is 2.23. The van der Waals surface area contributed by atoms with E-state index in [1.54, 1.807) is 6.07 Å². The molecule has 2 rings (SSSR count). The van der Waals surface area contributed by atoms with Crippen molar-refractivity contribution in [2.45, 2.75) is 39.7 Å². The van der Waals surface area contributed by atoms with E-state index in [1.807, 2.05) is 13.0 Å². The van der Waals surface area contributed by atoms with E-state index in [9.17, 15) is 10.2 Å². The minimum atomic E-state index is -0.493. The third-order valence-electron chi connectivity index (χ3n) is 4.65. The van der Waals surface area contributed by atoms with Gasteiger partial charge in [-0.1, -0.05) is 20.8 Å². The van der Waals surface area contributed by atoms with Crippen LogP contribution in [0.1, 0.15) is 49.5 Å². The van der Waals surface area contributed by atoms with Gasteiger partial charge in [-0.05, 0) is 47.6 Å². The summed E-state index contributed by atoms with van der Waals surface area (Å²) >= 11 is 0. The SMILES string of the molecule is Cc1cc(O)c(C(C)C)cc1C(O)C(C)CN1CCNCC1. The molecular weight excluding hydrogens is 276 g/mol. The summed E-state index contributed by atoms with van der Waals surface area (Å²) in [4.78, 5) is 2.41. The Hall–Kier alpha value is -1.10. The van der Waals surface area contributed by atoms with Crippen LogP contribution < -0.4 is 5.32 Å². The Morgan fingerprint density at radius 1 is 1.14 bits per heavy atom. The number of aliphatic hydroxyl groups is 1. The number of benzene rings is 1. The molecule has 1 aromatic carbocycles. The molecule has 1 heterocycles. The molecule has 0 saturated carbocycles.